The third-order valence-corrected chi connectivity index (χ3v) is 9.05. The maximum absolute atomic E-state index is 14.1. The highest BCUT2D eigenvalue weighted by molar-refractivity contribution is 7.92. The fraction of sp³-hybridized carbons (Fsp3) is 0.333. The van der Waals surface area contributed by atoms with E-state index in [0.717, 1.165) is 4.31 Å². The minimum Gasteiger partial charge on any atom is -0.486 e. The van der Waals surface area contributed by atoms with Crippen molar-refractivity contribution in [2.45, 2.75) is 50.7 Å². The number of sulfonamides is 1. The Bertz CT molecular complexity index is 1480. The second kappa shape index (κ2) is 13.3. The first-order valence-electron chi connectivity index (χ1n) is 13.4. The Hall–Kier alpha value is -3.76. The number of amides is 2. The number of carbonyl (C=O) groups is 2. The van der Waals surface area contributed by atoms with E-state index in [1.54, 1.807) is 67.6 Å². The van der Waals surface area contributed by atoms with E-state index in [1.807, 2.05) is 13.8 Å². The molecule has 0 bridgehead atoms. The molecule has 0 saturated heterocycles. The zero-order valence-electron chi connectivity index (χ0n) is 23.2. The van der Waals surface area contributed by atoms with Gasteiger partial charge in [0.05, 0.1) is 10.6 Å². The van der Waals surface area contributed by atoms with Gasteiger partial charge in [0, 0.05) is 23.7 Å². The van der Waals surface area contributed by atoms with Crippen LogP contribution in [-0.4, -0.2) is 57.0 Å². The molecule has 0 aliphatic carbocycles. The van der Waals surface area contributed by atoms with Crippen molar-refractivity contribution >= 4 is 39.1 Å². The summed E-state index contributed by atoms with van der Waals surface area (Å²) < 4.78 is 40.2. The summed E-state index contributed by atoms with van der Waals surface area (Å²) in [6.07, 6.45) is 0.712. The minimum absolute atomic E-state index is 0.00790. The summed E-state index contributed by atoms with van der Waals surface area (Å²) in [5.41, 5.74) is 0.850. The smallest absolute Gasteiger partial charge is 0.264 e. The van der Waals surface area contributed by atoms with Crippen LogP contribution in [-0.2, 0) is 26.2 Å². The maximum atomic E-state index is 14.1. The molecule has 2 atom stereocenters. The molecule has 1 heterocycles. The van der Waals surface area contributed by atoms with Gasteiger partial charge in [-0.1, -0.05) is 54.9 Å². The number of ether oxygens (including phenoxy) is 2. The first-order chi connectivity index (χ1) is 19.6. The Morgan fingerprint density at radius 2 is 1.61 bits per heavy atom. The summed E-state index contributed by atoms with van der Waals surface area (Å²) >= 11 is 6.42. The van der Waals surface area contributed by atoms with Crippen LogP contribution in [0.3, 0.4) is 0 Å². The molecule has 41 heavy (non-hydrogen) atoms. The molecule has 11 heteroatoms. The topological polar surface area (TPSA) is 105 Å². The number of hydrogen-bond donors (Lipinski definition) is 1. The third kappa shape index (κ3) is 7.12. The molecule has 0 fully saturated rings. The lowest BCUT2D eigenvalue weighted by molar-refractivity contribution is -0.139. The molecule has 3 aromatic carbocycles. The number of hydrogen-bond acceptors (Lipinski definition) is 6. The fourth-order valence-corrected chi connectivity index (χ4v) is 5.92. The molecule has 0 radical (unpaired) electrons. The van der Waals surface area contributed by atoms with Crippen LogP contribution in [0.2, 0.25) is 5.02 Å². The number of anilines is 1. The average molecular weight is 600 g/mol. The molecule has 0 aromatic heterocycles. The van der Waals surface area contributed by atoms with Gasteiger partial charge in [-0.3, -0.25) is 13.9 Å². The number of rotatable bonds is 11. The number of nitrogens with zero attached hydrogens (tertiary/aromatic N) is 2. The number of halogens is 1. The Morgan fingerprint density at radius 1 is 0.951 bits per heavy atom. The number of benzene rings is 3. The quantitative estimate of drug-likeness (QED) is 0.344. The van der Waals surface area contributed by atoms with Gasteiger partial charge in [0.1, 0.15) is 25.8 Å². The number of carbonyl (C=O) groups excluding carboxylic acids is 2. The van der Waals surface area contributed by atoms with Crippen LogP contribution in [0.15, 0.2) is 77.7 Å². The predicted molar refractivity (Wildman–Crippen MR) is 158 cm³/mol. The molecule has 0 saturated carbocycles. The lowest BCUT2D eigenvalue weighted by Gasteiger charge is -2.33. The summed E-state index contributed by atoms with van der Waals surface area (Å²) in [5, 5.41) is 3.34. The van der Waals surface area contributed by atoms with E-state index >= 15 is 0 Å². The Balaban J connectivity index is 1.73. The van der Waals surface area contributed by atoms with Crippen molar-refractivity contribution in [2.24, 2.45) is 0 Å². The third-order valence-electron chi connectivity index (χ3n) is 6.89. The van der Waals surface area contributed by atoms with Crippen LogP contribution < -0.4 is 19.1 Å². The van der Waals surface area contributed by atoms with Crippen molar-refractivity contribution in [1.29, 1.82) is 0 Å². The number of fused-ring (bicyclic) bond motifs is 1. The second-order valence-electron chi connectivity index (χ2n) is 9.76. The molecule has 0 unspecified atom stereocenters. The van der Waals surface area contributed by atoms with Gasteiger partial charge in [-0.2, -0.15) is 0 Å². The van der Waals surface area contributed by atoms with E-state index < -0.39 is 28.5 Å². The van der Waals surface area contributed by atoms with Gasteiger partial charge in [0.15, 0.2) is 11.5 Å². The number of nitrogens with one attached hydrogen (secondary N) is 1. The van der Waals surface area contributed by atoms with E-state index in [1.165, 1.54) is 17.0 Å². The normalized spacial score (nSPS) is 14.0. The predicted octanol–water partition coefficient (Wildman–Crippen LogP) is 4.64. The van der Waals surface area contributed by atoms with Crippen LogP contribution in [0, 0.1) is 0 Å². The standard InChI is InChI=1S/C30H34ClN3O6S/c1-4-21(2)32-30(36)22(3)33(19-23-10-8-9-13-26(23)31)29(35)20-34(41(37,38)25-11-6-5-7-12-25)24-14-15-27-28(18-24)40-17-16-39-27/h5-15,18,21-22H,4,16-17,19-20H2,1-3H3,(H,32,36)/t21-,22+/m0/s1. The molecule has 1 aliphatic rings. The van der Waals surface area contributed by atoms with Gasteiger partial charge in [0.25, 0.3) is 10.0 Å². The van der Waals surface area contributed by atoms with Crippen molar-refractivity contribution in [3.8, 4) is 11.5 Å². The van der Waals surface area contributed by atoms with E-state index in [9.17, 15) is 18.0 Å². The molecule has 1 N–H and O–H groups in total. The zero-order valence-corrected chi connectivity index (χ0v) is 24.8. The Morgan fingerprint density at radius 3 is 2.29 bits per heavy atom. The van der Waals surface area contributed by atoms with Crippen molar-refractivity contribution < 1.29 is 27.5 Å². The highest BCUT2D eigenvalue weighted by atomic mass is 35.5. The maximum Gasteiger partial charge on any atom is 0.264 e. The molecule has 3 aromatic rings. The first-order valence-corrected chi connectivity index (χ1v) is 15.2. The fourth-order valence-electron chi connectivity index (χ4n) is 4.29. The highest BCUT2D eigenvalue weighted by Gasteiger charge is 2.33. The van der Waals surface area contributed by atoms with Gasteiger partial charge >= 0.3 is 0 Å². The molecular formula is C30H34ClN3O6S. The lowest BCUT2D eigenvalue weighted by atomic mass is 10.1. The van der Waals surface area contributed by atoms with Crippen LogP contribution in [0.25, 0.3) is 0 Å². The van der Waals surface area contributed by atoms with Gasteiger partial charge in [0.2, 0.25) is 11.8 Å². The van der Waals surface area contributed by atoms with Gasteiger partial charge in [-0.05, 0) is 56.2 Å². The SMILES string of the molecule is CC[C@H](C)NC(=O)[C@@H](C)N(Cc1ccccc1Cl)C(=O)CN(c1ccc2c(c1)OCCO2)S(=O)(=O)c1ccccc1. The summed E-state index contributed by atoms with van der Waals surface area (Å²) in [6, 6.07) is 18.6. The molecule has 2 amide bonds. The van der Waals surface area contributed by atoms with Gasteiger partial charge in [-0.15, -0.1) is 0 Å². The van der Waals surface area contributed by atoms with Crippen molar-refractivity contribution in [2.75, 3.05) is 24.1 Å². The summed E-state index contributed by atoms with van der Waals surface area (Å²) in [4.78, 5) is 28.6. The Labute approximate surface area is 246 Å². The van der Waals surface area contributed by atoms with E-state index in [4.69, 9.17) is 21.1 Å². The zero-order chi connectivity index (χ0) is 29.6. The largest absolute Gasteiger partial charge is 0.486 e. The van der Waals surface area contributed by atoms with Crippen molar-refractivity contribution in [3.05, 3.63) is 83.4 Å². The summed E-state index contributed by atoms with van der Waals surface area (Å²) in [7, 11) is -4.20. The lowest BCUT2D eigenvalue weighted by Crippen LogP contribution is -2.52. The molecule has 1 aliphatic heterocycles. The minimum atomic E-state index is -4.20. The van der Waals surface area contributed by atoms with Gasteiger partial charge < -0.3 is 19.7 Å². The van der Waals surface area contributed by atoms with Crippen LogP contribution in [0.5, 0.6) is 11.5 Å². The van der Waals surface area contributed by atoms with Crippen molar-refractivity contribution in [3.63, 3.8) is 0 Å². The van der Waals surface area contributed by atoms with E-state index in [2.05, 4.69) is 5.32 Å². The van der Waals surface area contributed by atoms with Crippen LogP contribution in [0.4, 0.5) is 5.69 Å². The second-order valence-corrected chi connectivity index (χ2v) is 12.0. The molecule has 9 nitrogen and oxygen atoms in total. The van der Waals surface area contributed by atoms with Crippen LogP contribution in [0.1, 0.15) is 32.8 Å². The summed E-state index contributed by atoms with van der Waals surface area (Å²) in [5.74, 6) is -0.0644. The van der Waals surface area contributed by atoms with Crippen LogP contribution >= 0.6 is 11.6 Å². The Kier molecular flexibility index (Phi) is 9.77. The first kappa shape index (κ1) is 30.2. The molecule has 0 spiro atoms. The van der Waals surface area contributed by atoms with Gasteiger partial charge in [-0.25, -0.2) is 8.42 Å². The molecule has 218 valence electrons. The molecule has 4 rings (SSSR count). The van der Waals surface area contributed by atoms with E-state index in [0.29, 0.717) is 41.7 Å². The highest BCUT2D eigenvalue weighted by Crippen LogP contribution is 2.36. The summed E-state index contributed by atoms with van der Waals surface area (Å²) in [6.45, 7) is 5.57. The van der Waals surface area contributed by atoms with E-state index in [-0.39, 0.29) is 29.1 Å². The average Bonchev–Trinajstić information content (AvgIpc) is 2.99. The molecular weight excluding hydrogens is 566 g/mol. The van der Waals surface area contributed by atoms with Crippen molar-refractivity contribution in [1.82, 2.24) is 10.2 Å². The monoisotopic (exact) mass is 599 g/mol.